The number of carbonyl (C=O) groups excluding carboxylic acids is 3. The van der Waals surface area contributed by atoms with Gasteiger partial charge in [-0.3, -0.25) is 39.7 Å². The Morgan fingerprint density at radius 2 is 1.78 bits per heavy atom. The predicted molar refractivity (Wildman–Crippen MR) is 223 cm³/mol. The third-order valence-corrected chi connectivity index (χ3v) is 11.3. The van der Waals surface area contributed by atoms with Crippen molar-refractivity contribution in [1.29, 1.82) is 0 Å². The number of nitrogens with one attached hydrogen (secondary N) is 3. The Balaban J connectivity index is 0.870. The van der Waals surface area contributed by atoms with E-state index in [0.29, 0.717) is 24.4 Å². The van der Waals surface area contributed by atoms with E-state index in [9.17, 15) is 14.4 Å². The Labute approximate surface area is 342 Å². The minimum atomic E-state index is -0.393. The van der Waals surface area contributed by atoms with Crippen molar-refractivity contribution < 1.29 is 18.9 Å². The Bertz CT molecular complexity index is 2530. The van der Waals surface area contributed by atoms with Crippen LogP contribution in [0.3, 0.4) is 0 Å². The highest BCUT2D eigenvalue weighted by molar-refractivity contribution is 6.01. The van der Waals surface area contributed by atoms with Crippen molar-refractivity contribution in [3.8, 4) is 22.5 Å². The molecule has 15 nitrogen and oxygen atoms in total. The first-order valence-corrected chi connectivity index (χ1v) is 20.1. The van der Waals surface area contributed by atoms with Crippen LogP contribution >= 0.6 is 0 Å². The number of aromatic amines is 1. The molecule has 15 heteroatoms. The molecule has 2 atom stereocenters. The fourth-order valence-corrected chi connectivity index (χ4v) is 7.90. The SMILES string of the molecule is Cc1cc(-c2n[nH]c3ncc(-c4ccc(N5CCN(CCc6ccc(C7CCC(=O)NC7=O)c(C)n6)CC5)cn4)cc23)ccc1C(C)NC(=O)c1noc(C(C)(C)C)n1. The van der Waals surface area contributed by atoms with Crippen molar-refractivity contribution in [3.05, 3.63) is 101 Å². The van der Waals surface area contributed by atoms with E-state index in [4.69, 9.17) is 14.5 Å². The molecule has 8 rings (SSSR count). The number of imide groups is 1. The first-order valence-electron chi connectivity index (χ1n) is 20.1. The lowest BCUT2D eigenvalue weighted by Crippen LogP contribution is -2.47. The van der Waals surface area contributed by atoms with Gasteiger partial charge in [0.1, 0.15) is 5.69 Å². The fourth-order valence-electron chi connectivity index (χ4n) is 7.90. The molecule has 2 aliphatic rings. The van der Waals surface area contributed by atoms with E-state index in [1.807, 2.05) is 84.3 Å². The number of benzene rings is 1. The Hall–Kier alpha value is -6.35. The third-order valence-electron chi connectivity index (χ3n) is 11.3. The molecule has 5 aromatic heterocycles. The largest absolute Gasteiger partial charge is 0.368 e. The highest BCUT2D eigenvalue weighted by atomic mass is 16.5. The van der Waals surface area contributed by atoms with E-state index in [0.717, 1.165) is 101 Å². The van der Waals surface area contributed by atoms with Gasteiger partial charge in [0.25, 0.3) is 11.7 Å². The first kappa shape index (κ1) is 39.5. The zero-order chi connectivity index (χ0) is 41.4. The average molecular weight is 796 g/mol. The maximum Gasteiger partial charge on any atom is 0.293 e. The summed E-state index contributed by atoms with van der Waals surface area (Å²) in [6, 6.07) is 16.1. The van der Waals surface area contributed by atoms with Crippen LogP contribution in [0.25, 0.3) is 33.5 Å². The first-order chi connectivity index (χ1) is 28.3. The van der Waals surface area contributed by atoms with Gasteiger partial charge in [-0.15, -0.1) is 0 Å². The molecule has 0 aliphatic carbocycles. The zero-order valence-corrected chi connectivity index (χ0v) is 34.3. The number of aryl methyl sites for hydroxylation is 2. The molecular formula is C44H49N11O4. The number of amides is 3. The van der Waals surface area contributed by atoms with Gasteiger partial charge >= 0.3 is 0 Å². The number of carbonyl (C=O) groups is 3. The van der Waals surface area contributed by atoms with Crippen LogP contribution in [-0.2, 0) is 21.4 Å². The second kappa shape index (κ2) is 16.1. The van der Waals surface area contributed by atoms with Gasteiger partial charge in [-0.25, -0.2) is 4.98 Å². The molecule has 2 fully saturated rings. The topological polar surface area (TPSA) is 188 Å². The van der Waals surface area contributed by atoms with Crippen LogP contribution in [0, 0.1) is 13.8 Å². The van der Waals surface area contributed by atoms with E-state index in [2.05, 4.69) is 64.0 Å². The van der Waals surface area contributed by atoms with Crippen LogP contribution in [0.1, 0.15) is 97.1 Å². The lowest BCUT2D eigenvalue weighted by atomic mass is 9.89. The van der Waals surface area contributed by atoms with E-state index in [-0.39, 0.29) is 35.0 Å². The quantitative estimate of drug-likeness (QED) is 0.143. The third kappa shape index (κ3) is 8.46. The summed E-state index contributed by atoms with van der Waals surface area (Å²) in [4.78, 5) is 60.3. The summed E-state index contributed by atoms with van der Waals surface area (Å²) in [5, 5.41) is 17.9. The summed E-state index contributed by atoms with van der Waals surface area (Å²) in [6.45, 7) is 16.3. The molecule has 0 bridgehead atoms. The summed E-state index contributed by atoms with van der Waals surface area (Å²) in [5.41, 5.74) is 9.59. The van der Waals surface area contributed by atoms with E-state index in [1.165, 1.54) is 0 Å². The summed E-state index contributed by atoms with van der Waals surface area (Å²) < 4.78 is 5.30. The smallest absolute Gasteiger partial charge is 0.293 e. The number of hydrogen-bond donors (Lipinski definition) is 3. The maximum absolute atomic E-state index is 12.9. The predicted octanol–water partition coefficient (Wildman–Crippen LogP) is 5.76. The maximum atomic E-state index is 12.9. The number of nitrogens with zero attached hydrogens (tertiary/aromatic N) is 8. The number of hydrogen-bond acceptors (Lipinski definition) is 12. The number of H-pyrrole nitrogens is 1. The van der Waals surface area contributed by atoms with Crippen LogP contribution in [0.2, 0.25) is 0 Å². The van der Waals surface area contributed by atoms with Gasteiger partial charge in [0.15, 0.2) is 5.65 Å². The normalized spacial score (nSPS) is 17.0. The van der Waals surface area contributed by atoms with Crippen molar-refractivity contribution in [2.75, 3.05) is 37.6 Å². The molecule has 1 aromatic carbocycles. The molecule has 59 heavy (non-hydrogen) atoms. The van der Waals surface area contributed by atoms with Crippen LogP contribution in [0.5, 0.6) is 0 Å². The van der Waals surface area contributed by atoms with Crippen LogP contribution in [-0.4, -0.2) is 90.6 Å². The highest BCUT2D eigenvalue weighted by Crippen LogP contribution is 2.32. The molecule has 2 saturated heterocycles. The van der Waals surface area contributed by atoms with Gasteiger partial charge in [0.05, 0.1) is 29.5 Å². The average Bonchev–Trinajstić information content (AvgIpc) is 3.90. The van der Waals surface area contributed by atoms with Crippen LogP contribution < -0.4 is 15.5 Å². The standard InChI is InChI=1S/C44H49N11O4/c1-25-21-28(7-10-32(25)26(2)48-42(58)40-50-43(59-53-40)44(4,5)6)38-35-22-29(23-46-39(35)52-51-38)36-13-9-31(24-45-36)55-19-17-54(18-20-55)16-15-30-8-11-33(27(3)47-30)34-12-14-37(56)49-41(34)57/h7-11,13,21-24,26,34H,12,14-20H2,1-6H3,(H,48,58)(H,46,51,52)(H,49,56,57). The van der Waals surface area contributed by atoms with Gasteiger partial charge in [0.2, 0.25) is 17.7 Å². The van der Waals surface area contributed by atoms with Gasteiger partial charge < -0.3 is 14.7 Å². The molecule has 2 aliphatic heterocycles. The lowest BCUT2D eigenvalue weighted by Gasteiger charge is -2.36. The Morgan fingerprint density at radius 1 is 0.966 bits per heavy atom. The molecule has 2 unspecified atom stereocenters. The summed E-state index contributed by atoms with van der Waals surface area (Å²) in [6.07, 6.45) is 5.47. The van der Waals surface area contributed by atoms with Crippen molar-refractivity contribution in [2.24, 2.45) is 0 Å². The monoisotopic (exact) mass is 795 g/mol. The van der Waals surface area contributed by atoms with E-state index < -0.39 is 5.91 Å². The fraction of sp³-hybridized carbons (Fsp3) is 0.386. The number of pyridine rings is 3. The number of fused-ring (bicyclic) bond motifs is 1. The highest BCUT2D eigenvalue weighted by Gasteiger charge is 2.30. The van der Waals surface area contributed by atoms with Crippen LogP contribution in [0.15, 0.2) is 65.4 Å². The number of aromatic nitrogens is 7. The van der Waals surface area contributed by atoms with Crippen molar-refractivity contribution in [2.45, 2.75) is 78.2 Å². The molecule has 7 heterocycles. The molecule has 304 valence electrons. The molecular weight excluding hydrogens is 747 g/mol. The number of piperazine rings is 1. The molecule has 3 N–H and O–H groups in total. The van der Waals surface area contributed by atoms with E-state index >= 15 is 0 Å². The van der Waals surface area contributed by atoms with Gasteiger partial charge in [0, 0.05) is 85.1 Å². The molecule has 0 saturated carbocycles. The Morgan fingerprint density at radius 3 is 2.47 bits per heavy atom. The van der Waals surface area contributed by atoms with Crippen molar-refractivity contribution in [1.82, 2.24) is 50.8 Å². The molecule has 6 aromatic rings. The molecule has 3 amide bonds. The number of anilines is 1. The summed E-state index contributed by atoms with van der Waals surface area (Å²) in [5.74, 6) is -0.719. The minimum Gasteiger partial charge on any atom is -0.368 e. The van der Waals surface area contributed by atoms with E-state index in [1.54, 1.807) is 0 Å². The van der Waals surface area contributed by atoms with Crippen molar-refractivity contribution >= 4 is 34.4 Å². The second-order valence-electron chi connectivity index (χ2n) is 16.6. The second-order valence-corrected chi connectivity index (χ2v) is 16.6. The zero-order valence-electron chi connectivity index (χ0n) is 34.3. The minimum absolute atomic E-state index is 0.0141. The summed E-state index contributed by atoms with van der Waals surface area (Å²) >= 11 is 0. The lowest BCUT2D eigenvalue weighted by molar-refractivity contribution is -0.134. The summed E-state index contributed by atoms with van der Waals surface area (Å²) in [7, 11) is 0. The van der Waals surface area contributed by atoms with Gasteiger partial charge in [-0.1, -0.05) is 44.1 Å². The van der Waals surface area contributed by atoms with Gasteiger partial charge in [-0.2, -0.15) is 10.1 Å². The molecule has 0 spiro atoms. The number of piperidine rings is 1. The number of rotatable bonds is 10. The Kier molecular flexibility index (Phi) is 10.8. The van der Waals surface area contributed by atoms with Gasteiger partial charge in [-0.05, 0) is 74.2 Å². The molecule has 0 radical (unpaired) electrons. The van der Waals surface area contributed by atoms with Crippen molar-refractivity contribution in [3.63, 3.8) is 0 Å². The van der Waals surface area contributed by atoms with Crippen LogP contribution in [0.4, 0.5) is 5.69 Å².